The topological polar surface area (TPSA) is 63.4 Å². The molecule has 0 saturated heterocycles. The van der Waals surface area contributed by atoms with Gasteiger partial charge in [-0.05, 0) is 43.0 Å². The average molecular weight is 314 g/mol. The van der Waals surface area contributed by atoms with Crippen molar-refractivity contribution in [2.75, 3.05) is 30.8 Å². The van der Waals surface area contributed by atoms with Gasteiger partial charge in [-0.25, -0.2) is 12.7 Å². The fourth-order valence-corrected chi connectivity index (χ4v) is 4.63. The first-order valence-corrected chi connectivity index (χ1v) is 9.49. The first-order valence-electron chi connectivity index (χ1n) is 6.90. The summed E-state index contributed by atoms with van der Waals surface area (Å²) in [5.41, 5.74) is 6.34. The number of hydrogen-bond donors (Lipinski definition) is 1. The molecule has 0 amide bonds. The number of nitrogens with two attached hydrogens (primary N) is 1. The quantitative estimate of drug-likeness (QED) is 0.620. The second-order valence-electron chi connectivity index (χ2n) is 5.31. The maximum absolute atomic E-state index is 12.1. The highest BCUT2D eigenvalue weighted by Gasteiger charge is 2.25. The average Bonchev–Trinajstić information content (AvgIpc) is 2.36. The van der Waals surface area contributed by atoms with Crippen LogP contribution in [-0.2, 0) is 10.0 Å². The Kier molecular flexibility index (Phi) is 5.35. The number of sulfonamides is 1. The molecule has 0 aromatic heterocycles. The molecule has 0 bridgehead atoms. The molecule has 0 spiro atoms. The fraction of sp³-hybridized carbons (Fsp3) is 0.571. The van der Waals surface area contributed by atoms with Crippen molar-refractivity contribution >= 4 is 27.5 Å². The van der Waals surface area contributed by atoms with Crippen LogP contribution in [0.2, 0.25) is 0 Å². The van der Waals surface area contributed by atoms with Crippen molar-refractivity contribution in [2.24, 2.45) is 5.92 Å². The number of nitrogen functional groups attached to an aromatic ring is 1. The van der Waals surface area contributed by atoms with E-state index in [-0.39, 0.29) is 5.75 Å². The third-order valence-electron chi connectivity index (χ3n) is 3.71. The van der Waals surface area contributed by atoms with Gasteiger partial charge < -0.3 is 5.73 Å². The lowest BCUT2D eigenvalue weighted by atomic mass is 9.86. The molecule has 0 unspecified atom stereocenters. The highest BCUT2D eigenvalue weighted by atomic mass is 32.2. The number of nitrogens with zero attached hydrogens (tertiary/aromatic N) is 1. The third-order valence-corrected chi connectivity index (χ3v) is 6.80. The number of thioether (sulfide) groups is 1. The first-order chi connectivity index (χ1) is 9.47. The molecule has 2 N–H and O–H groups in total. The van der Waals surface area contributed by atoms with Crippen molar-refractivity contribution in [3.05, 3.63) is 24.3 Å². The van der Waals surface area contributed by atoms with E-state index in [0.29, 0.717) is 18.2 Å². The molecule has 112 valence electrons. The summed E-state index contributed by atoms with van der Waals surface area (Å²) in [4.78, 5) is 1.05. The molecule has 1 fully saturated rings. The zero-order chi connectivity index (χ0) is 14.6. The molecule has 6 heteroatoms. The van der Waals surface area contributed by atoms with Crippen LogP contribution in [0.5, 0.6) is 0 Å². The van der Waals surface area contributed by atoms with Crippen molar-refractivity contribution in [3.8, 4) is 0 Å². The Labute approximate surface area is 125 Å². The Morgan fingerprint density at radius 2 is 1.95 bits per heavy atom. The molecule has 0 atom stereocenters. The van der Waals surface area contributed by atoms with Gasteiger partial charge in [0.1, 0.15) is 0 Å². The lowest BCUT2D eigenvalue weighted by Gasteiger charge is -2.29. The molecular weight excluding hydrogens is 292 g/mol. The second kappa shape index (κ2) is 6.83. The van der Waals surface area contributed by atoms with Crippen LogP contribution in [0.4, 0.5) is 5.69 Å². The van der Waals surface area contributed by atoms with Gasteiger partial charge in [0, 0.05) is 29.9 Å². The van der Waals surface area contributed by atoms with Crippen LogP contribution in [0.25, 0.3) is 0 Å². The zero-order valence-electron chi connectivity index (χ0n) is 11.8. The lowest BCUT2D eigenvalue weighted by Crippen LogP contribution is -2.36. The standard InChI is InChI=1S/C14H22N2O2S2/c1-16(11-12-3-2-4-12)20(17,18)10-9-19-14-7-5-13(15)6-8-14/h5-8,12H,2-4,9-11,15H2,1H3. The van der Waals surface area contributed by atoms with E-state index in [4.69, 9.17) is 5.73 Å². The minimum absolute atomic E-state index is 0.186. The molecular formula is C14H22N2O2S2. The summed E-state index contributed by atoms with van der Waals surface area (Å²) in [6, 6.07) is 7.51. The normalized spacial score (nSPS) is 16.3. The summed E-state index contributed by atoms with van der Waals surface area (Å²) < 4.78 is 25.8. The molecule has 1 aliphatic carbocycles. The molecule has 1 saturated carbocycles. The predicted molar refractivity (Wildman–Crippen MR) is 85.3 cm³/mol. The van der Waals surface area contributed by atoms with Gasteiger partial charge in [0.2, 0.25) is 10.0 Å². The number of anilines is 1. The first kappa shape index (κ1) is 15.7. The van der Waals surface area contributed by atoms with E-state index in [0.717, 1.165) is 10.6 Å². The van der Waals surface area contributed by atoms with E-state index in [2.05, 4.69) is 0 Å². The molecule has 1 aromatic rings. The Hall–Kier alpha value is -0.720. The minimum Gasteiger partial charge on any atom is -0.399 e. The van der Waals surface area contributed by atoms with Gasteiger partial charge in [-0.15, -0.1) is 11.8 Å². The summed E-state index contributed by atoms with van der Waals surface area (Å²) in [5, 5.41) is 0. The van der Waals surface area contributed by atoms with Crippen LogP contribution in [0, 0.1) is 5.92 Å². The van der Waals surface area contributed by atoms with Crippen LogP contribution in [0.15, 0.2) is 29.2 Å². The van der Waals surface area contributed by atoms with Crippen LogP contribution in [-0.4, -0.2) is 37.8 Å². The molecule has 2 rings (SSSR count). The number of rotatable bonds is 7. The summed E-state index contributed by atoms with van der Waals surface area (Å²) >= 11 is 1.55. The van der Waals surface area contributed by atoms with Crippen molar-refractivity contribution < 1.29 is 8.42 Å². The molecule has 0 radical (unpaired) electrons. The Morgan fingerprint density at radius 3 is 2.50 bits per heavy atom. The number of hydrogen-bond acceptors (Lipinski definition) is 4. The maximum Gasteiger partial charge on any atom is 0.214 e. The molecule has 0 aliphatic heterocycles. The largest absolute Gasteiger partial charge is 0.399 e. The highest BCUT2D eigenvalue weighted by Crippen LogP contribution is 2.27. The zero-order valence-corrected chi connectivity index (χ0v) is 13.4. The van der Waals surface area contributed by atoms with Gasteiger partial charge in [-0.2, -0.15) is 0 Å². The van der Waals surface area contributed by atoms with E-state index >= 15 is 0 Å². The van der Waals surface area contributed by atoms with Gasteiger partial charge in [-0.1, -0.05) is 6.42 Å². The third kappa shape index (κ3) is 4.40. The molecule has 0 heterocycles. The van der Waals surface area contributed by atoms with Gasteiger partial charge in [0.25, 0.3) is 0 Å². The molecule has 1 aliphatic rings. The predicted octanol–water partition coefficient (Wildman–Crippen LogP) is 2.42. The Balaban J connectivity index is 1.77. The molecule has 4 nitrogen and oxygen atoms in total. The minimum atomic E-state index is -3.12. The van der Waals surface area contributed by atoms with Crippen LogP contribution >= 0.6 is 11.8 Å². The summed E-state index contributed by atoms with van der Waals surface area (Å²) in [6.45, 7) is 0.675. The van der Waals surface area contributed by atoms with Gasteiger partial charge >= 0.3 is 0 Å². The van der Waals surface area contributed by atoms with E-state index in [1.165, 1.54) is 23.6 Å². The van der Waals surface area contributed by atoms with E-state index in [1.807, 2.05) is 24.3 Å². The highest BCUT2D eigenvalue weighted by molar-refractivity contribution is 8.00. The summed E-state index contributed by atoms with van der Waals surface area (Å²) in [7, 11) is -1.43. The van der Waals surface area contributed by atoms with Gasteiger partial charge in [-0.3, -0.25) is 0 Å². The van der Waals surface area contributed by atoms with E-state index in [1.54, 1.807) is 18.8 Å². The summed E-state index contributed by atoms with van der Waals surface area (Å²) in [5.74, 6) is 1.33. The second-order valence-corrected chi connectivity index (χ2v) is 8.67. The van der Waals surface area contributed by atoms with Crippen LogP contribution < -0.4 is 5.73 Å². The van der Waals surface area contributed by atoms with Gasteiger partial charge in [0.15, 0.2) is 0 Å². The van der Waals surface area contributed by atoms with Crippen molar-refractivity contribution in [3.63, 3.8) is 0 Å². The number of benzene rings is 1. The maximum atomic E-state index is 12.1. The van der Waals surface area contributed by atoms with Crippen molar-refractivity contribution in [1.82, 2.24) is 4.31 Å². The monoisotopic (exact) mass is 314 g/mol. The van der Waals surface area contributed by atoms with Gasteiger partial charge in [0.05, 0.1) is 5.75 Å². The SMILES string of the molecule is CN(CC1CCC1)S(=O)(=O)CCSc1ccc(N)cc1. The molecule has 1 aromatic carbocycles. The smallest absolute Gasteiger partial charge is 0.214 e. The Bertz CT molecular complexity index is 525. The summed E-state index contributed by atoms with van der Waals surface area (Å²) in [6.07, 6.45) is 3.58. The van der Waals surface area contributed by atoms with Crippen LogP contribution in [0.1, 0.15) is 19.3 Å². The van der Waals surface area contributed by atoms with Crippen LogP contribution in [0.3, 0.4) is 0 Å². The molecule has 20 heavy (non-hydrogen) atoms. The lowest BCUT2D eigenvalue weighted by molar-refractivity contribution is 0.263. The fourth-order valence-electron chi connectivity index (χ4n) is 2.14. The van der Waals surface area contributed by atoms with Crippen molar-refractivity contribution in [1.29, 1.82) is 0 Å². The van der Waals surface area contributed by atoms with E-state index < -0.39 is 10.0 Å². The Morgan fingerprint density at radius 1 is 1.30 bits per heavy atom. The van der Waals surface area contributed by atoms with Crippen molar-refractivity contribution in [2.45, 2.75) is 24.2 Å². The van der Waals surface area contributed by atoms with E-state index in [9.17, 15) is 8.42 Å².